The molecule has 0 saturated carbocycles. The van der Waals surface area contributed by atoms with Crippen LogP contribution >= 0.6 is 0 Å². The number of aromatic amines is 1. The van der Waals surface area contributed by atoms with Crippen LogP contribution in [0, 0.1) is 5.82 Å². The molecule has 1 aromatic heterocycles. The Bertz CT molecular complexity index is 281. The molecule has 0 unspecified atom stereocenters. The second kappa shape index (κ2) is 2.62. The maximum Gasteiger partial charge on any atom is 0.248 e. The van der Waals surface area contributed by atoms with Gasteiger partial charge in [-0.05, 0) is 6.07 Å². The number of halogens is 1. The molecule has 0 atom stereocenters. The second-order valence-electron chi connectivity index (χ2n) is 1.81. The van der Waals surface area contributed by atoms with E-state index in [1.807, 2.05) is 0 Å². The molecule has 0 spiro atoms. The summed E-state index contributed by atoms with van der Waals surface area (Å²) >= 11 is 0. The summed E-state index contributed by atoms with van der Waals surface area (Å²) in [5.74, 6) is -0.595. The van der Waals surface area contributed by atoms with Crippen molar-refractivity contribution < 1.29 is 9.50 Å². The van der Waals surface area contributed by atoms with E-state index < -0.39 is 18.0 Å². The lowest BCUT2D eigenvalue weighted by atomic mass is 10.3. The summed E-state index contributed by atoms with van der Waals surface area (Å²) in [6.45, 7) is -0.484. The number of hydrogen-bond donors (Lipinski definition) is 2. The van der Waals surface area contributed by atoms with Crippen molar-refractivity contribution in [1.82, 2.24) is 4.98 Å². The van der Waals surface area contributed by atoms with Gasteiger partial charge < -0.3 is 10.1 Å². The van der Waals surface area contributed by atoms with Crippen molar-refractivity contribution in [1.29, 1.82) is 0 Å². The standard InChI is InChI=1S/C6H6FNO2/c7-4-1-2-6(10)8-5(4)3-9/h1-2,9H,3H2,(H,8,10). The molecule has 2 N–H and O–H groups in total. The minimum absolute atomic E-state index is 0.0764. The molecule has 0 aliphatic rings. The molecule has 0 radical (unpaired) electrons. The number of rotatable bonds is 1. The van der Waals surface area contributed by atoms with Crippen molar-refractivity contribution in [3.05, 3.63) is 34.0 Å². The maximum absolute atomic E-state index is 12.4. The van der Waals surface area contributed by atoms with Gasteiger partial charge in [0.15, 0.2) is 0 Å². The van der Waals surface area contributed by atoms with Gasteiger partial charge in [-0.15, -0.1) is 0 Å². The molecule has 1 rings (SSSR count). The molecular weight excluding hydrogens is 137 g/mol. The zero-order valence-corrected chi connectivity index (χ0v) is 5.10. The molecule has 0 fully saturated rings. The van der Waals surface area contributed by atoms with E-state index >= 15 is 0 Å². The number of nitrogens with one attached hydrogen (secondary N) is 1. The Labute approximate surface area is 56.1 Å². The topological polar surface area (TPSA) is 53.1 Å². The number of aliphatic hydroxyl groups excluding tert-OH is 1. The van der Waals surface area contributed by atoms with E-state index in [0.717, 1.165) is 12.1 Å². The first kappa shape index (κ1) is 6.95. The Morgan fingerprint density at radius 1 is 1.60 bits per heavy atom. The van der Waals surface area contributed by atoms with Crippen LogP contribution in [0.5, 0.6) is 0 Å². The van der Waals surface area contributed by atoms with E-state index in [1.54, 1.807) is 0 Å². The van der Waals surface area contributed by atoms with E-state index in [-0.39, 0.29) is 5.69 Å². The first-order valence-corrected chi connectivity index (χ1v) is 2.72. The molecule has 10 heavy (non-hydrogen) atoms. The van der Waals surface area contributed by atoms with Gasteiger partial charge in [-0.1, -0.05) is 0 Å². The Kier molecular flexibility index (Phi) is 1.82. The molecule has 0 aromatic carbocycles. The third-order valence-corrected chi connectivity index (χ3v) is 1.10. The maximum atomic E-state index is 12.4. The molecule has 54 valence electrons. The predicted octanol–water partition coefficient (Wildman–Crippen LogP) is 0.00630. The van der Waals surface area contributed by atoms with E-state index in [9.17, 15) is 9.18 Å². The minimum Gasteiger partial charge on any atom is -0.390 e. The van der Waals surface area contributed by atoms with E-state index in [1.165, 1.54) is 0 Å². The van der Waals surface area contributed by atoms with Crippen molar-refractivity contribution in [2.24, 2.45) is 0 Å². The van der Waals surface area contributed by atoms with E-state index in [2.05, 4.69) is 4.98 Å². The van der Waals surface area contributed by atoms with Gasteiger partial charge in [0.05, 0.1) is 12.3 Å². The molecule has 0 bridgehead atoms. The van der Waals surface area contributed by atoms with Crippen LogP contribution < -0.4 is 5.56 Å². The summed E-state index contributed by atoms with van der Waals surface area (Å²) in [5.41, 5.74) is -0.488. The van der Waals surface area contributed by atoms with Gasteiger partial charge in [-0.2, -0.15) is 0 Å². The Hall–Kier alpha value is -1.16. The third-order valence-electron chi connectivity index (χ3n) is 1.10. The van der Waals surface area contributed by atoms with Gasteiger partial charge in [-0.25, -0.2) is 4.39 Å². The molecule has 0 amide bonds. The van der Waals surface area contributed by atoms with E-state index in [4.69, 9.17) is 5.11 Å². The molecule has 0 aliphatic carbocycles. The fraction of sp³-hybridized carbons (Fsp3) is 0.167. The Balaban J connectivity index is 3.22. The molecule has 1 heterocycles. The summed E-state index contributed by atoms with van der Waals surface area (Å²) in [4.78, 5) is 12.6. The van der Waals surface area contributed by atoms with Crippen LogP contribution in [0.2, 0.25) is 0 Å². The smallest absolute Gasteiger partial charge is 0.248 e. The fourth-order valence-electron chi connectivity index (χ4n) is 0.615. The summed E-state index contributed by atoms with van der Waals surface area (Å²) in [6, 6.07) is 2.08. The highest BCUT2D eigenvalue weighted by molar-refractivity contribution is 5.05. The molecule has 3 nitrogen and oxygen atoms in total. The largest absolute Gasteiger partial charge is 0.390 e. The molecular formula is C6H6FNO2. The number of hydrogen-bond acceptors (Lipinski definition) is 2. The van der Waals surface area contributed by atoms with Gasteiger partial charge in [0.25, 0.3) is 0 Å². The Morgan fingerprint density at radius 3 is 2.80 bits per heavy atom. The van der Waals surface area contributed by atoms with Crippen molar-refractivity contribution in [2.75, 3.05) is 0 Å². The Morgan fingerprint density at radius 2 is 2.30 bits per heavy atom. The first-order chi connectivity index (χ1) is 4.74. The zero-order chi connectivity index (χ0) is 7.56. The lowest BCUT2D eigenvalue weighted by Crippen LogP contribution is -2.08. The van der Waals surface area contributed by atoms with Crippen molar-refractivity contribution in [3.8, 4) is 0 Å². The highest BCUT2D eigenvalue weighted by Gasteiger charge is 1.98. The molecule has 1 aromatic rings. The van der Waals surface area contributed by atoms with Crippen LogP contribution in [-0.2, 0) is 6.61 Å². The quantitative estimate of drug-likeness (QED) is 0.581. The predicted molar refractivity (Wildman–Crippen MR) is 32.9 cm³/mol. The zero-order valence-electron chi connectivity index (χ0n) is 5.10. The van der Waals surface area contributed by atoms with Crippen LogP contribution in [-0.4, -0.2) is 10.1 Å². The average molecular weight is 143 g/mol. The van der Waals surface area contributed by atoms with Crippen LogP contribution in [0.1, 0.15) is 5.69 Å². The van der Waals surface area contributed by atoms with Crippen LogP contribution in [0.3, 0.4) is 0 Å². The fourth-order valence-corrected chi connectivity index (χ4v) is 0.615. The lowest BCUT2D eigenvalue weighted by molar-refractivity contribution is 0.269. The number of H-pyrrole nitrogens is 1. The third kappa shape index (κ3) is 1.22. The average Bonchev–Trinajstić information content (AvgIpc) is 1.94. The van der Waals surface area contributed by atoms with Gasteiger partial charge >= 0.3 is 0 Å². The monoisotopic (exact) mass is 143 g/mol. The van der Waals surface area contributed by atoms with Crippen LogP contribution in [0.4, 0.5) is 4.39 Å². The summed E-state index contributed by atoms with van der Waals surface area (Å²) < 4.78 is 12.4. The summed E-state index contributed by atoms with van der Waals surface area (Å²) in [6.07, 6.45) is 0. The van der Waals surface area contributed by atoms with Crippen molar-refractivity contribution >= 4 is 0 Å². The van der Waals surface area contributed by atoms with Crippen LogP contribution in [0.25, 0.3) is 0 Å². The molecule has 0 aliphatic heterocycles. The van der Waals surface area contributed by atoms with Crippen molar-refractivity contribution in [3.63, 3.8) is 0 Å². The van der Waals surface area contributed by atoms with Gasteiger partial charge in [0, 0.05) is 6.07 Å². The highest BCUT2D eigenvalue weighted by Crippen LogP contribution is 1.98. The molecule has 4 heteroatoms. The highest BCUT2D eigenvalue weighted by atomic mass is 19.1. The normalized spacial score (nSPS) is 9.80. The lowest BCUT2D eigenvalue weighted by Gasteiger charge is -1.94. The minimum atomic E-state index is -0.595. The van der Waals surface area contributed by atoms with Gasteiger partial charge in [0.2, 0.25) is 5.56 Å². The SMILES string of the molecule is O=c1ccc(F)c(CO)[nH]1. The van der Waals surface area contributed by atoms with Gasteiger partial charge in [0.1, 0.15) is 5.82 Å². The summed E-state index contributed by atoms with van der Waals surface area (Å²) in [5, 5.41) is 8.43. The second-order valence-corrected chi connectivity index (χ2v) is 1.81. The number of pyridine rings is 1. The van der Waals surface area contributed by atoms with Crippen LogP contribution in [0.15, 0.2) is 16.9 Å². The number of aromatic nitrogens is 1. The summed E-state index contributed by atoms with van der Waals surface area (Å²) in [7, 11) is 0. The van der Waals surface area contributed by atoms with Gasteiger partial charge in [-0.3, -0.25) is 4.79 Å². The molecule has 0 saturated heterocycles. The first-order valence-electron chi connectivity index (χ1n) is 2.72. The van der Waals surface area contributed by atoms with E-state index in [0.29, 0.717) is 0 Å². The number of aliphatic hydroxyl groups is 1. The van der Waals surface area contributed by atoms with Crippen molar-refractivity contribution in [2.45, 2.75) is 6.61 Å².